The maximum Gasteiger partial charge on any atom is 0.407 e. The Kier molecular flexibility index (Phi) is 3.57. The van der Waals surface area contributed by atoms with E-state index in [1.54, 1.807) is 13.8 Å². The molecule has 0 aliphatic heterocycles. The first kappa shape index (κ1) is 13.0. The van der Waals surface area contributed by atoms with Crippen LogP contribution in [-0.4, -0.2) is 6.18 Å². The highest BCUT2D eigenvalue weighted by molar-refractivity contribution is 5.34. The number of nitrogens with two attached hydrogens (primary N) is 1. The van der Waals surface area contributed by atoms with E-state index < -0.39 is 23.6 Å². The summed E-state index contributed by atoms with van der Waals surface area (Å²) < 4.78 is 50.8. The fourth-order valence-electron chi connectivity index (χ4n) is 1.55. The van der Waals surface area contributed by atoms with Gasteiger partial charge in [0.25, 0.3) is 0 Å². The predicted octanol–water partition coefficient (Wildman–Crippen LogP) is 3.51. The molecule has 0 aliphatic carbocycles. The number of hydrogen-bond donors (Lipinski definition) is 1. The molecule has 1 aromatic carbocycles. The van der Waals surface area contributed by atoms with Gasteiger partial charge in [0.1, 0.15) is 11.9 Å². The predicted molar refractivity (Wildman–Crippen MR) is 53.5 cm³/mol. The molecule has 2 N–H and O–H groups in total. The SMILES string of the molecule is CC(C)c1cccc(F)c1C(N)C(F)(F)F. The van der Waals surface area contributed by atoms with Crippen molar-refractivity contribution in [3.8, 4) is 0 Å². The number of alkyl halides is 3. The van der Waals surface area contributed by atoms with E-state index >= 15 is 0 Å². The molecule has 0 amide bonds. The maximum atomic E-state index is 13.4. The van der Waals surface area contributed by atoms with E-state index in [9.17, 15) is 17.6 Å². The molecule has 1 rings (SSSR count). The van der Waals surface area contributed by atoms with E-state index in [-0.39, 0.29) is 5.92 Å². The summed E-state index contributed by atoms with van der Waals surface area (Å²) in [6, 6.07) is 1.57. The minimum Gasteiger partial charge on any atom is -0.316 e. The normalized spacial score (nSPS) is 14.2. The molecule has 0 bridgehead atoms. The summed E-state index contributed by atoms with van der Waals surface area (Å²) in [5.74, 6) is -1.12. The van der Waals surface area contributed by atoms with Crippen molar-refractivity contribution in [2.24, 2.45) is 5.73 Å². The van der Waals surface area contributed by atoms with Gasteiger partial charge < -0.3 is 5.73 Å². The number of benzene rings is 1. The Morgan fingerprint density at radius 1 is 1.19 bits per heavy atom. The van der Waals surface area contributed by atoms with Gasteiger partial charge in [0.05, 0.1) is 0 Å². The molecular weight excluding hydrogens is 222 g/mol. The van der Waals surface area contributed by atoms with Crippen LogP contribution in [0.3, 0.4) is 0 Å². The van der Waals surface area contributed by atoms with E-state index in [0.29, 0.717) is 5.56 Å². The summed E-state index contributed by atoms with van der Waals surface area (Å²) in [5, 5.41) is 0. The van der Waals surface area contributed by atoms with Crippen LogP contribution in [0.25, 0.3) is 0 Å². The molecule has 0 saturated heterocycles. The van der Waals surface area contributed by atoms with Crippen molar-refractivity contribution in [2.75, 3.05) is 0 Å². The average molecular weight is 235 g/mol. The summed E-state index contributed by atoms with van der Waals surface area (Å²) in [6.07, 6.45) is -4.63. The van der Waals surface area contributed by atoms with E-state index in [4.69, 9.17) is 5.73 Å². The van der Waals surface area contributed by atoms with Crippen LogP contribution in [-0.2, 0) is 0 Å². The van der Waals surface area contributed by atoms with E-state index in [1.807, 2.05) is 0 Å². The first-order valence-electron chi connectivity index (χ1n) is 4.85. The molecule has 1 nitrogen and oxygen atoms in total. The summed E-state index contributed by atoms with van der Waals surface area (Å²) in [4.78, 5) is 0. The minimum atomic E-state index is -4.63. The second kappa shape index (κ2) is 4.41. The van der Waals surface area contributed by atoms with Crippen LogP contribution in [0.15, 0.2) is 18.2 Å². The minimum absolute atomic E-state index is 0.209. The summed E-state index contributed by atoms with van der Waals surface area (Å²) in [6.45, 7) is 3.39. The molecule has 16 heavy (non-hydrogen) atoms. The molecule has 0 saturated carbocycles. The fourth-order valence-corrected chi connectivity index (χ4v) is 1.55. The topological polar surface area (TPSA) is 26.0 Å². The van der Waals surface area contributed by atoms with Crippen molar-refractivity contribution in [3.63, 3.8) is 0 Å². The quantitative estimate of drug-likeness (QED) is 0.780. The van der Waals surface area contributed by atoms with E-state index in [1.165, 1.54) is 12.1 Å². The maximum absolute atomic E-state index is 13.4. The largest absolute Gasteiger partial charge is 0.407 e. The van der Waals surface area contributed by atoms with Crippen molar-refractivity contribution < 1.29 is 17.6 Å². The van der Waals surface area contributed by atoms with Crippen molar-refractivity contribution in [1.82, 2.24) is 0 Å². The molecule has 0 heterocycles. The lowest BCUT2D eigenvalue weighted by Crippen LogP contribution is -2.30. The van der Waals surface area contributed by atoms with Crippen molar-refractivity contribution in [3.05, 3.63) is 35.1 Å². The first-order chi connectivity index (χ1) is 7.25. The van der Waals surface area contributed by atoms with Gasteiger partial charge in [-0.3, -0.25) is 0 Å². The monoisotopic (exact) mass is 235 g/mol. The smallest absolute Gasteiger partial charge is 0.316 e. The van der Waals surface area contributed by atoms with Crippen LogP contribution in [0.4, 0.5) is 17.6 Å². The zero-order valence-corrected chi connectivity index (χ0v) is 8.98. The molecule has 0 aromatic heterocycles. The zero-order valence-electron chi connectivity index (χ0n) is 8.98. The van der Waals surface area contributed by atoms with Crippen molar-refractivity contribution in [2.45, 2.75) is 32.0 Å². The molecule has 5 heteroatoms. The second-order valence-corrected chi connectivity index (χ2v) is 3.92. The summed E-state index contributed by atoms with van der Waals surface area (Å²) in [5.41, 5.74) is 4.89. The molecule has 1 atom stereocenters. The van der Waals surface area contributed by atoms with Gasteiger partial charge in [0.2, 0.25) is 0 Å². The third kappa shape index (κ3) is 2.52. The zero-order chi connectivity index (χ0) is 12.5. The van der Waals surface area contributed by atoms with Crippen molar-refractivity contribution in [1.29, 1.82) is 0 Å². The fraction of sp³-hybridized carbons (Fsp3) is 0.455. The molecule has 0 spiro atoms. The van der Waals surface area contributed by atoms with Gasteiger partial charge in [0, 0.05) is 5.56 Å². The van der Waals surface area contributed by atoms with Gasteiger partial charge in [0.15, 0.2) is 0 Å². The lowest BCUT2D eigenvalue weighted by molar-refractivity contribution is -0.149. The van der Waals surface area contributed by atoms with Crippen LogP contribution in [0.2, 0.25) is 0 Å². The van der Waals surface area contributed by atoms with Crippen LogP contribution < -0.4 is 5.73 Å². The van der Waals surface area contributed by atoms with Gasteiger partial charge >= 0.3 is 6.18 Å². The lowest BCUT2D eigenvalue weighted by atomic mass is 9.92. The summed E-state index contributed by atoms with van der Waals surface area (Å²) in [7, 11) is 0. The second-order valence-electron chi connectivity index (χ2n) is 3.92. The van der Waals surface area contributed by atoms with Crippen LogP contribution in [0, 0.1) is 5.82 Å². The Hall–Kier alpha value is -1.10. The molecule has 0 fully saturated rings. The van der Waals surface area contributed by atoms with Crippen LogP contribution >= 0.6 is 0 Å². The Labute approximate surface area is 91.3 Å². The Bertz CT molecular complexity index is 371. The molecule has 0 aliphatic rings. The van der Waals surface area contributed by atoms with Gasteiger partial charge in [-0.2, -0.15) is 13.2 Å². The standard InChI is InChI=1S/C11H13F4N/c1-6(2)7-4-3-5-8(12)9(7)10(16)11(13,14)15/h3-6,10H,16H2,1-2H3. The number of halogens is 4. The third-order valence-electron chi connectivity index (χ3n) is 2.37. The molecule has 1 aromatic rings. The highest BCUT2D eigenvalue weighted by atomic mass is 19.4. The third-order valence-corrected chi connectivity index (χ3v) is 2.37. The van der Waals surface area contributed by atoms with Gasteiger partial charge in [-0.05, 0) is 17.5 Å². The van der Waals surface area contributed by atoms with Crippen LogP contribution in [0.1, 0.15) is 36.9 Å². The highest BCUT2D eigenvalue weighted by Crippen LogP contribution is 2.35. The van der Waals surface area contributed by atoms with Gasteiger partial charge in [-0.15, -0.1) is 0 Å². The molecule has 90 valence electrons. The van der Waals surface area contributed by atoms with Gasteiger partial charge in [-0.25, -0.2) is 4.39 Å². The molecule has 0 radical (unpaired) electrons. The summed E-state index contributed by atoms with van der Waals surface area (Å²) >= 11 is 0. The highest BCUT2D eigenvalue weighted by Gasteiger charge is 2.40. The van der Waals surface area contributed by atoms with E-state index in [0.717, 1.165) is 6.07 Å². The molecule has 1 unspecified atom stereocenters. The number of hydrogen-bond acceptors (Lipinski definition) is 1. The van der Waals surface area contributed by atoms with Crippen LogP contribution in [0.5, 0.6) is 0 Å². The van der Waals surface area contributed by atoms with E-state index in [2.05, 4.69) is 0 Å². The first-order valence-corrected chi connectivity index (χ1v) is 4.85. The lowest BCUT2D eigenvalue weighted by Gasteiger charge is -2.21. The Morgan fingerprint density at radius 2 is 1.75 bits per heavy atom. The van der Waals surface area contributed by atoms with Crippen molar-refractivity contribution >= 4 is 0 Å². The Balaban J connectivity index is 3.31. The molecular formula is C11H13F4N. The van der Waals surface area contributed by atoms with Gasteiger partial charge in [-0.1, -0.05) is 26.0 Å². The Morgan fingerprint density at radius 3 is 2.19 bits per heavy atom. The average Bonchev–Trinajstić information content (AvgIpc) is 2.14. The number of rotatable bonds is 2.